The zero-order valence-corrected chi connectivity index (χ0v) is 18.6. The number of hydrogen-bond donors (Lipinski definition) is 2. The number of carbonyl (C=O) groups excluding carboxylic acids is 2. The number of anilines is 2. The Hall–Kier alpha value is -4.28. The van der Waals surface area contributed by atoms with E-state index >= 15 is 0 Å². The number of benzene rings is 1. The molecule has 1 amide bonds. The maximum Gasteiger partial charge on any atom is 0.339 e. The number of methoxy groups -OCH3 is 1. The summed E-state index contributed by atoms with van der Waals surface area (Å²) in [7, 11) is 1.26. The zero-order chi connectivity index (χ0) is 24.0. The van der Waals surface area contributed by atoms with Crippen molar-refractivity contribution in [2.75, 3.05) is 18.2 Å². The smallest absolute Gasteiger partial charge is 0.339 e. The van der Waals surface area contributed by atoms with Gasteiger partial charge in [0.25, 0.3) is 0 Å². The van der Waals surface area contributed by atoms with E-state index < -0.39 is 17.1 Å². The molecule has 0 radical (unpaired) electrons. The average Bonchev–Trinajstić information content (AvgIpc) is 3.36. The summed E-state index contributed by atoms with van der Waals surface area (Å²) in [6, 6.07) is 13.7. The van der Waals surface area contributed by atoms with Gasteiger partial charge in [-0.25, -0.2) is 9.78 Å². The second-order valence-electron chi connectivity index (χ2n) is 6.67. The van der Waals surface area contributed by atoms with Crippen LogP contribution in [0.15, 0.2) is 52.1 Å². The molecule has 2 aromatic heterocycles. The molecule has 0 aliphatic heterocycles. The number of carbonyl (C=O) groups is 2. The Balaban J connectivity index is 1.97. The van der Waals surface area contributed by atoms with Crippen LogP contribution < -0.4 is 11.1 Å². The van der Waals surface area contributed by atoms with Gasteiger partial charge in [-0.2, -0.15) is 10.5 Å². The van der Waals surface area contributed by atoms with Crippen molar-refractivity contribution < 1.29 is 18.7 Å². The molecule has 10 heteroatoms. The topological polar surface area (TPSA) is 155 Å². The summed E-state index contributed by atoms with van der Waals surface area (Å²) in [6.07, 6.45) is 1.81. The maximum absolute atomic E-state index is 13.0. The Labute approximate surface area is 194 Å². The van der Waals surface area contributed by atoms with Crippen LogP contribution in [0.1, 0.15) is 34.8 Å². The lowest BCUT2D eigenvalue weighted by Gasteiger charge is -2.17. The first kappa shape index (κ1) is 23.4. The van der Waals surface area contributed by atoms with Gasteiger partial charge in [0.15, 0.2) is 0 Å². The van der Waals surface area contributed by atoms with Crippen LogP contribution in [0, 0.1) is 22.7 Å². The van der Waals surface area contributed by atoms with E-state index in [9.17, 15) is 20.1 Å². The fraction of sp³-hybridized carbons (Fsp3) is 0.174. The largest absolute Gasteiger partial charge is 0.465 e. The lowest BCUT2D eigenvalue weighted by Crippen LogP contribution is -2.26. The van der Waals surface area contributed by atoms with Crippen LogP contribution in [0.2, 0.25) is 0 Å². The average molecular weight is 462 g/mol. The number of hydrogen-bond acceptors (Lipinski definition) is 9. The Morgan fingerprint density at radius 1 is 1.21 bits per heavy atom. The molecular weight excluding hydrogens is 442 g/mol. The summed E-state index contributed by atoms with van der Waals surface area (Å²) >= 11 is 1.04. The van der Waals surface area contributed by atoms with E-state index in [0.29, 0.717) is 17.9 Å². The number of ether oxygens (including phenoxy) is 1. The fourth-order valence-corrected chi connectivity index (χ4v) is 4.12. The van der Waals surface area contributed by atoms with Crippen molar-refractivity contribution in [3.05, 3.63) is 59.4 Å². The molecule has 0 bridgehead atoms. The van der Waals surface area contributed by atoms with Gasteiger partial charge in [-0.15, -0.1) is 0 Å². The molecule has 0 fully saturated rings. The number of aromatic nitrogens is 1. The first-order valence-corrected chi connectivity index (χ1v) is 10.6. The number of nitriles is 2. The summed E-state index contributed by atoms with van der Waals surface area (Å²) in [5, 5.41) is 21.7. The van der Waals surface area contributed by atoms with Gasteiger partial charge in [0.2, 0.25) is 5.91 Å². The number of amides is 1. The van der Waals surface area contributed by atoms with Crippen LogP contribution in [-0.4, -0.2) is 29.2 Å². The molecule has 0 spiro atoms. The van der Waals surface area contributed by atoms with Gasteiger partial charge in [0.05, 0.1) is 41.0 Å². The minimum Gasteiger partial charge on any atom is -0.465 e. The Morgan fingerprint density at radius 3 is 2.55 bits per heavy atom. The van der Waals surface area contributed by atoms with Gasteiger partial charge in [-0.05, 0) is 30.7 Å². The number of nitrogen functional groups attached to an aromatic ring is 1. The number of nitrogens with one attached hydrogen (secondary N) is 1. The van der Waals surface area contributed by atoms with Gasteiger partial charge in [-0.1, -0.05) is 30.8 Å². The lowest BCUT2D eigenvalue weighted by atomic mass is 10.0. The standard InChI is InChI=1S/C23H19N5O4S/c1-3-18(21(29)27-16-8-5-4-7-13(16)23(30)31-2)33-22-15(12-25)19(17-9-6-10-32-17)14(11-24)20(26)28-22/h4-10,18H,3H2,1-2H3,(H2,26,28)(H,27,29). The fourth-order valence-electron chi connectivity index (χ4n) is 3.10. The Bertz CT molecular complexity index is 1280. The molecule has 0 saturated heterocycles. The van der Waals surface area contributed by atoms with E-state index in [0.717, 1.165) is 11.8 Å². The van der Waals surface area contributed by atoms with Crippen molar-refractivity contribution in [3.63, 3.8) is 0 Å². The molecule has 3 rings (SSSR count). The van der Waals surface area contributed by atoms with Crippen molar-refractivity contribution >= 4 is 35.1 Å². The molecule has 0 aliphatic rings. The number of para-hydroxylation sites is 1. The van der Waals surface area contributed by atoms with Gasteiger partial charge >= 0.3 is 5.97 Å². The van der Waals surface area contributed by atoms with E-state index in [1.165, 1.54) is 13.4 Å². The minimum atomic E-state index is -0.674. The minimum absolute atomic E-state index is 0.0235. The normalized spacial score (nSPS) is 11.2. The first-order valence-electron chi connectivity index (χ1n) is 9.77. The lowest BCUT2D eigenvalue weighted by molar-refractivity contribution is -0.115. The van der Waals surface area contributed by atoms with Gasteiger partial charge < -0.3 is 20.2 Å². The second-order valence-corrected chi connectivity index (χ2v) is 7.86. The molecule has 2 heterocycles. The quantitative estimate of drug-likeness (QED) is 0.393. The third kappa shape index (κ3) is 4.81. The predicted octanol–water partition coefficient (Wildman–Crippen LogP) is 3.96. The van der Waals surface area contributed by atoms with Crippen molar-refractivity contribution in [2.45, 2.75) is 23.6 Å². The number of rotatable bonds is 7. The summed E-state index contributed by atoms with van der Waals surface area (Å²) in [5.41, 5.74) is 6.85. The van der Waals surface area contributed by atoms with E-state index in [-0.39, 0.29) is 33.1 Å². The van der Waals surface area contributed by atoms with E-state index in [1.807, 2.05) is 6.07 Å². The van der Waals surface area contributed by atoms with Crippen LogP contribution >= 0.6 is 11.8 Å². The van der Waals surface area contributed by atoms with E-state index in [1.54, 1.807) is 43.3 Å². The van der Waals surface area contributed by atoms with Crippen LogP contribution in [0.3, 0.4) is 0 Å². The van der Waals surface area contributed by atoms with Crippen molar-refractivity contribution in [2.24, 2.45) is 0 Å². The number of nitrogens with two attached hydrogens (primary N) is 1. The molecule has 1 atom stereocenters. The molecule has 0 aliphatic carbocycles. The van der Waals surface area contributed by atoms with Crippen molar-refractivity contribution in [1.29, 1.82) is 10.5 Å². The maximum atomic E-state index is 13.0. The van der Waals surface area contributed by atoms with Gasteiger partial charge in [0.1, 0.15) is 34.3 Å². The SMILES string of the molecule is CCC(Sc1nc(N)c(C#N)c(-c2ccco2)c1C#N)C(=O)Nc1ccccc1C(=O)OC. The van der Waals surface area contributed by atoms with Crippen molar-refractivity contribution in [3.8, 4) is 23.5 Å². The molecule has 9 nitrogen and oxygen atoms in total. The molecule has 3 N–H and O–H groups in total. The number of nitrogens with zero attached hydrogens (tertiary/aromatic N) is 3. The molecular formula is C23H19N5O4S. The second kappa shape index (κ2) is 10.4. The number of thioether (sulfide) groups is 1. The highest BCUT2D eigenvalue weighted by molar-refractivity contribution is 8.00. The summed E-state index contributed by atoms with van der Waals surface area (Å²) in [6.45, 7) is 1.80. The predicted molar refractivity (Wildman–Crippen MR) is 122 cm³/mol. The summed E-state index contributed by atoms with van der Waals surface area (Å²) in [4.78, 5) is 29.3. The van der Waals surface area contributed by atoms with Crippen LogP contribution in [0.5, 0.6) is 0 Å². The molecule has 3 aromatic rings. The summed E-state index contributed by atoms with van der Waals surface area (Å²) < 4.78 is 10.2. The highest BCUT2D eigenvalue weighted by atomic mass is 32.2. The molecule has 166 valence electrons. The summed E-state index contributed by atoms with van der Waals surface area (Å²) in [5.74, 6) is -0.754. The van der Waals surface area contributed by atoms with Gasteiger partial charge in [0, 0.05) is 0 Å². The Morgan fingerprint density at radius 2 is 1.94 bits per heavy atom. The monoisotopic (exact) mass is 461 g/mol. The van der Waals surface area contributed by atoms with Crippen LogP contribution in [-0.2, 0) is 9.53 Å². The molecule has 33 heavy (non-hydrogen) atoms. The highest BCUT2D eigenvalue weighted by Gasteiger charge is 2.27. The number of furan rings is 1. The third-order valence-corrected chi connectivity index (χ3v) is 6.04. The third-order valence-electron chi connectivity index (χ3n) is 4.69. The first-order chi connectivity index (χ1) is 15.9. The number of pyridine rings is 1. The van der Waals surface area contributed by atoms with Crippen LogP contribution in [0.25, 0.3) is 11.3 Å². The van der Waals surface area contributed by atoms with E-state index in [2.05, 4.69) is 16.4 Å². The zero-order valence-electron chi connectivity index (χ0n) is 17.8. The molecule has 0 saturated carbocycles. The Kier molecular flexibility index (Phi) is 7.34. The number of esters is 1. The molecule has 1 aromatic carbocycles. The van der Waals surface area contributed by atoms with Crippen LogP contribution in [0.4, 0.5) is 11.5 Å². The van der Waals surface area contributed by atoms with E-state index in [4.69, 9.17) is 14.9 Å². The van der Waals surface area contributed by atoms with Crippen molar-refractivity contribution in [1.82, 2.24) is 4.98 Å². The van der Waals surface area contributed by atoms with Gasteiger partial charge in [-0.3, -0.25) is 4.79 Å². The molecule has 1 unspecified atom stereocenters. The highest BCUT2D eigenvalue weighted by Crippen LogP contribution is 2.38.